The van der Waals surface area contributed by atoms with Crippen LogP contribution in [0.4, 0.5) is 11.4 Å². The van der Waals surface area contributed by atoms with E-state index < -0.39 is 0 Å². The van der Waals surface area contributed by atoms with Gasteiger partial charge in [0.25, 0.3) is 5.69 Å². The number of hydrogen-bond acceptors (Lipinski definition) is 3. The third-order valence-electron chi connectivity index (χ3n) is 2.15. The fourth-order valence-corrected chi connectivity index (χ4v) is 1.31. The Morgan fingerprint density at radius 3 is 2.47 bits per heavy atom. The number of hydrogen-bond donors (Lipinski definition) is 0. The van der Waals surface area contributed by atoms with Crippen molar-refractivity contribution in [1.29, 1.82) is 0 Å². The van der Waals surface area contributed by atoms with Gasteiger partial charge >= 0.3 is 0 Å². The summed E-state index contributed by atoms with van der Waals surface area (Å²) < 4.78 is 0. The van der Waals surface area contributed by atoms with Crippen LogP contribution in [0.1, 0.15) is 12.5 Å². The van der Waals surface area contributed by atoms with E-state index in [0.717, 1.165) is 5.69 Å². The van der Waals surface area contributed by atoms with Crippen LogP contribution in [0.2, 0.25) is 0 Å². The number of nitrogens with zero attached hydrogens (tertiary/aromatic N) is 2. The Labute approximate surface area is 89.0 Å². The van der Waals surface area contributed by atoms with E-state index >= 15 is 0 Å². The van der Waals surface area contributed by atoms with Gasteiger partial charge in [-0.2, -0.15) is 0 Å². The maximum absolute atomic E-state index is 10.8. The summed E-state index contributed by atoms with van der Waals surface area (Å²) in [5, 5.41) is 10.8. The summed E-state index contributed by atoms with van der Waals surface area (Å²) in [5.41, 5.74) is 2.21. The van der Waals surface area contributed by atoms with Crippen molar-refractivity contribution >= 4 is 16.9 Å². The largest absolute Gasteiger partial charge is 0.377 e. The molecule has 0 saturated heterocycles. The third kappa shape index (κ3) is 2.34. The van der Waals surface area contributed by atoms with Crippen LogP contribution in [-0.4, -0.2) is 19.0 Å². The van der Waals surface area contributed by atoms with Crippen LogP contribution in [0.5, 0.6) is 0 Å². The van der Waals surface area contributed by atoms with Gasteiger partial charge in [-0.25, -0.2) is 0 Å². The highest BCUT2D eigenvalue weighted by molar-refractivity contribution is 5.73. The highest BCUT2D eigenvalue weighted by atomic mass is 16.6. The average molecular weight is 206 g/mol. The number of rotatable bonds is 3. The Kier molecular flexibility index (Phi) is 3.09. The summed E-state index contributed by atoms with van der Waals surface area (Å²) in [6.45, 7) is 5.49. The quantitative estimate of drug-likeness (QED) is 0.564. The molecule has 15 heavy (non-hydrogen) atoms. The van der Waals surface area contributed by atoms with Crippen molar-refractivity contribution in [3.05, 3.63) is 40.5 Å². The van der Waals surface area contributed by atoms with Crippen LogP contribution >= 0.6 is 0 Å². The predicted molar refractivity (Wildman–Crippen MR) is 62.1 cm³/mol. The molecule has 1 rings (SSSR count). The highest BCUT2D eigenvalue weighted by Gasteiger charge is 2.15. The van der Waals surface area contributed by atoms with Gasteiger partial charge < -0.3 is 4.90 Å². The zero-order valence-corrected chi connectivity index (χ0v) is 9.15. The fourth-order valence-electron chi connectivity index (χ4n) is 1.31. The van der Waals surface area contributed by atoms with E-state index in [1.54, 1.807) is 19.1 Å². The molecule has 0 heterocycles. The van der Waals surface area contributed by atoms with E-state index in [-0.39, 0.29) is 10.6 Å². The van der Waals surface area contributed by atoms with E-state index in [4.69, 9.17) is 0 Å². The van der Waals surface area contributed by atoms with Gasteiger partial charge in [-0.05, 0) is 24.6 Å². The molecule has 0 bridgehead atoms. The molecule has 0 aliphatic carbocycles. The maximum atomic E-state index is 10.8. The van der Waals surface area contributed by atoms with Crippen molar-refractivity contribution in [2.75, 3.05) is 19.0 Å². The van der Waals surface area contributed by atoms with Gasteiger partial charge in [-0.1, -0.05) is 6.58 Å². The molecule has 1 aromatic carbocycles. The normalized spacial score (nSPS) is 9.80. The molecule has 0 aliphatic rings. The lowest BCUT2D eigenvalue weighted by Gasteiger charge is -2.13. The zero-order valence-electron chi connectivity index (χ0n) is 9.15. The second-order valence-corrected chi connectivity index (χ2v) is 3.63. The number of nitro groups is 1. The maximum Gasteiger partial charge on any atom is 0.278 e. The van der Waals surface area contributed by atoms with Crippen LogP contribution in [0.25, 0.3) is 5.57 Å². The van der Waals surface area contributed by atoms with Crippen LogP contribution in [0, 0.1) is 10.1 Å². The smallest absolute Gasteiger partial charge is 0.278 e. The standard InChI is InChI=1S/C11H14N2O2/c1-8(2)10-6-5-9(12(3)4)7-11(10)13(14)15/h5-7H,1H2,2-4H3. The molecule has 1 aromatic rings. The molecule has 0 spiro atoms. The Morgan fingerprint density at radius 2 is 2.07 bits per heavy atom. The van der Waals surface area contributed by atoms with Crippen molar-refractivity contribution in [1.82, 2.24) is 0 Å². The van der Waals surface area contributed by atoms with Crippen LogP contribution in [0.3, 0.4) is 0 Å². The summed E-state index contributed by atoms with van der Waals surface area (Å²) in [4.78, 5) is 12.3. The summed E-state index contributed by atoms with van der Waals surface area (Å²) in [7, 11) is 3.69. The Hall–Kier alpha value is -1.84. The lowest BCUT2D eigenvalue weighted by molar-refractivity contribution is -0.385. The molecule has 0 aromatic heterocycles. The molecule has 0 saturated carbocycles. The van der Waals surface area contributed by atoms with Gasteiger partial charge in [0.05, 0.1) is 10.5 Å². The Morgan fingerprint density at radius 1 is 1.47 bits per heavy atom. The lowest BCUT2D eigenvalue weighted by Crippen LogP contribution is -2.09. The second kappa shape index (κ2) is 4.13. The Bertz CT molecular complexity index is 411. The second-order valence-electron chi connectivity index (χ2n) is 3.63. The SMILES string of the molecule is C=C(C)c1ccc(N(C)C)cc1[N+](=O)[O-]. The van der Waals surface area contributed by atoms with Gasteiger partial charge in [0, 0.05) is 25.8 Å². The van der Waals surface area contributed by atoms with E-state index in [1.807, 2.05) is 25.1 Å². The molecule has 4 heteroatoms. The van der Waals surface area contributed by atoms with Crippen molar-refractivity contribution in [2.24, 2.45) is 0 Å². The van der Waals surface area contributed by atoms with E-state index in [0.29, 0.717) is 11.1 Å². The van der Waals surface area contributed by atoms with Gasteiger partial charge in [-0.15, -0.1) is 0 Å². The highest BCUT2D eigenvalue weighted by Crippen LogP contribution is 2.28. The van der Waals surface area contributed by atoms with E-state index in [9.17, 15) is 10.1 Å². The number of allylic oxidation sites excluding steroid dienone is 1. The van der Waals surface area contributed by atoms with E-state index in [1.165, 1.54) is 0 Å². The minimum absolute atomic E-state index is 0.105. The van der Waals surface area contributed by atoms with Gasteiger partial charge in [0.1, 0.15) is 0 Å². The van der Waals surface area contributed by atoms with Gasteiger partial charge in [-0.3, -0.25) is 10.1 Å². The molecule has 0 radical (unpaired) electrons. The summed E-state index contributed by atoms with van der Waals surface area (Å²) in [5.74, 6) is 0. The summed E-state index contributed by atoms with van der Waals surface area (Å²) >= 11 is 0. The predicted octanol–water partition coefficient (Wildman–Crippen LogP) is 2.69. The first kappa shape index (κ1) is 11.2. The molecule has 80 valence electrons. The molecule has 0 atom stereocenters. The lowest BCUT2D eigenvalue weighted by atomic mass is 10.1. The molecular formula is C11H14N2O2. The van der Waals surface area contributed by atoms with Crippen molar-refractivity contribution in [3.63, 3.8) is 0 Å². The molecule has 0 amide bonds. The monoisotopic (exact) mass is 206 g/mol. The van der Waals surface area contributed by atoms with Crippen LogP contribution in [-0.2, 0) is 0 Å². The molecule has 0 N–H and O–H groups in total. The summed E-state index contributed by atoms with van der Waals surface area (Å²) in [6, 6.07) is 5.14. The Balaban J connectivity index is 3.33. The first-order valence-electron chi connectivity index (χ1n) is 4.55. The summed E-state index contributed by atoms with van der Waals surface area (Å²) in [6.07, 6.45) is 0. The number of nitro benzene ring substituents is 1. The fraction of sp³-hybridized carbons (Fsp3) is 0.273. The van der Waals surface area contributed by atoms with Crippen LogP contribution < -0.4 is 4.90 Å². The molecule has 0 unspecified atom stereocenters. The minimum atomic E-state index is -0.378. The van der Waals surface area contributed by atoms with Gasteiger partial charge in [0.15, 0.2) is 0 Å². The molecule has 4 nitrogen and oxygen atoms in total. The van der Waals surface area contributed by atoms with Crippen molar-refractivity contribution < 1.29 is 4.92 Å². The molecule has 0 aliphatic heterocycles. The first-order valence-corrected chi connectivity index (χ1v) is 4.55. The number of anilines is 1. The average Bonchev–Trinajstić information content (AvgIpc) is 2.16. The topological polar surface area (TPSA) is 46.4 Å². The van der Waals surface area contributed by atoms with Crippen LogP contribution in [0.15, 0.2) is 24.8 Å². The minimum Gasteiger partial charge on any atom is -0.377 e. The van der Waals surface area contributed by atoms with Crippen molar-refractivity contribution in [2.45, 2.75) is 6.92 Å². The number of benzene rings is 1. The van der Waals surface area contributed by atoms with Gasteiger partial charge in [0.2, 0.25) is 0 Å². The molecule has 0 fully saturated rings. The van der Waals surface area contributed by atoms with Crippen molar-refractivity contribution in [3.8, 4) is 0 Å². The first-order chi connectivity index (χ1) is 6.93. The van der Waals surface area contributed by atoms with E-state index in [2.05, 4.69) is 6.58 Å². The zero-order chi connectivity index (χ0) is 11.6. The molecular weight excluding hydrogens is 192 g/mol. The third-order valence-corrected chi connectivity index (χ3v) is 2.15.